The lowest BCUT2D eigenvalue weighted by Crippen LogP contribution is -2.06. The predicted molar refractivity (Wildman–Crippen MR) is 82.6 cm³/mol. The summed E-state index contributed by atoms with van der Waals surface area (Å²) in [6.45, 7) is 0.529. The van der Waals surface area contributed by atoms with E-state index in [0.29, 0.717) is 23.5 Å². The van der Waals surface area contributed by atoms with Gasteiger partial charge in [-0.2, -0.15) is 0 Å². The Kier molecular flexibility index (Phi) is 4.79. The van der Waals surface area contributed by atoms with E-state index in [1.807, 2.05) is 24.3 Å². The number of nitrogen functional groups attached to an aromatic ring is 1. The predicted octanol–water partition coefficient (Wildman–Crippen LogP) is 2.95. The number of nitrogens with one attached hydrogen (secondary N) is 1. The van der Waals surface area contributed by atoms with E-state index < -0.39 is 5.97 Å². The number of hydrogen-bond acceptors (Lipinski definition) is 5. The number of esters is 1. The summed E-state index contributed by atoms with van der Waals surface area (Å²) in [5.41, 5.74) is 9.18. The van der Waals surface area contributed by atoms with Gasteiger partial charge >= 0.3 is 5.97 Å². The van der Waals surface area contributed by atoms with Gasteiger partial charge in [0.15, 0.2) is 0 Å². The number of rotatable bonds is 5. The zero-order valence-electron chi connectivity index (χ0n) is 12.1. The van der Waals surface area contributed by atoms with E-state index in [-0.39, 0.29) is 0 Å². The van der Waals surface area contributed by atoms with Crippen molar-refractivity contribution in [3.63, 3.8) is 0 Å². The Bertz CT molecular complexity index is 641. The minimum atomic E-state index is -0.433. The molecule has 0 unspecified atom stereocenters. The zero-order valence-corrected chi connectivity index (χ0v) is 12.1. The van der Waals surface area contributed by atoms with Crippen LogP contribution in [0.2, 0.25) is 0 Å². The van der Waals surface area contributed by atoms with Crippen molar-refractivity contribution in [3.8, 4) is 0 Å². The van der Waals surface area contributed by atoms with E-state index in [1.54, 1.807) is 25.3 Å². The smallest absolute Gasteiger partial charge is 0.340 e. The van der Waals surface area contributed by atoms with Gasteiger partial charge in [-0.05, 0) is 35.9 Å². The lowest BCUT2D eigenvalue weighted by molar-refractivity contribution is 0.0602. The normalized spacial score (nSPS) is 10.2. The summed E-state index contributed by atoms with van der Waals surface area (Å²) in [4.78, 5) is 11.8. The number of benzene rings is 2. The maximum atomic E-state index is 11.8. The van der Waals surface area contributed by atoms with E-state index in [2.05, 4.69) is 5.32 Å². The quantitative estimate of drug-likeness (QED) is 0.653. The fourth-order valence-corrected chi connectivity index (χ4v) is 2.01. The molecule has 5 heteroatoms. The molecule has 0 bridgehead atoms. The molecule has 21 heavy (non-hydrogen) atoms. The van der Waals surface area contributed by atoms with Crippen LogP contribution < -0.4 is 11.1 Å². The van der Waals surface area contributed by atoms with Crippen LogP contribution in [0.25, 0.3) is 0 Å². The summed E-state index contributed by atoms with van der Waals surface area (Å²) in [6, 6.07) is 12.8. The summed E-state index contributed by atoms with van der Waals surface area (Å²) < 4.78 is 9.89. The Morgan fingerprint density at radius 1 is 1.19 bits per heavy atom. The summed E-state index contributed by atoms with van der Waals surface area (Å²) in [6.07, 6.45) is 0. The van der Waals surface area contributed by atoms with Crippen LogP contribution in [0.15, 0.2) is 42.5 Å². The SMILES string of the molecule is COCc1cccc(Nc2ccc(N)cc2C(=O)OC)c1. The lowest BCUT2D eigenvalue weighted by Gasteiger charge is -2.12. The second-order valence-electron chi connectivity index (χ2n) is 4.55. The summed E-state index contributed by atoms with van der Waals surface area (Å²) in [7, 11) is 2.99. The van der Waals surface area contributed by atoms with E-state index in [9.17, 15) is 4.79 Å². The molecule has 0 radical (unpaired) electrons. The second kappa shape index (κ2) is 6.76. The summed E-state index contributed by atoms with van der Waals surface area (Å²) >= 11 is 0. The van der Waals surface area contributed by atoms with Crippen LogP contribution in [-0.2, 0) is 16.1 Å². The first-order chi connectivity index (χ1) is 10.1. The number of carbonyl (C=O) groups excluding carboxylic acids is 1. The second-order valence-corrected chi connectivity index (χ2v) is 4.55. The van der Waals surface area contributed by atoms with Gasteiger partial charge < -0.3 is 20.5 Å². The first kappa shape index (κ1) is 14.9. The topological polar surface area (TPSA) is 73.6 Å². The highest BCUT2D eigenvalue weighted by Gasteiger charge is 2.12. The van der Waals surface area contributed by atoms with Crippen LogP contribution in [0.3, 0.4) is 0 Å². The molecule has 0 aliphatic carbocycles. The van der Waals surface area contributed by atoms with Crippen LogP contribution in [0.4, 0.5) is 17.1 Å². The average molecular weight is 286 g/mol. The van der Waals surface area contributed by atoms with Gasteiger partial charge in [-0.1, -0.05) is 12.1 Å². The van der Waals surface area contributed by atoms with Crippen molar-refractivity contribution in [2.24, 2.45) is 0 Å². The molecule has 0 fully saturated rings. The van der Waals surface area contributed by atoms with Gasteiger partial charge in [0.2, 0.25) is 0 Å². The first-order valence-electron chi connectivity index (χ1n) is 6.47. The fraction of sp³-hybridized carbons (Fsp3) is 0.188. The highest BCUT2D eigenvalue weighted by Crippen LogP contribution is 2.24. The molecule has 0 aromatic heterocycles. The highest BCUT2D eigenvalue weighted by atomic mass is 16.5. The van der Waals surface area contributed by atoms with Crippen molar-refractivity contribution in [1.29, 1.82) is 0 Å². The zero-order chi connectivity index (χ0) is 15.2. The van der Waals surface area contributed by atoms with Crippen LogP contribution >= 0.6 is 0 Å². The minimum Gasteiger partial charge on any atom is -0.465 e. The molecular formula is C16H18N2O3. The summed E-state index contributed by atoms with van der Waals surface area (Å²) in [5.74, 6) is -0.433. The van der Waals surface area contributed by atoms with E-state index in [1.165, 1.54) is 7.11 Å². The molecule has 0 atom stereocenters. The van der Waals surface area contributed by atoms with E-state index >= 15 is 0 Å². The maximum Gasteiger partial charge on any atom is 0.340 e. The standard InChI is InChI=1S/C16H18N2O3/c1-20-10-11-4-3-5-13(8-11)18-15-7-6-12(17)9-14(15)16(19)21-2/h3-9,18H,10,17H2,1-2H3. The molecule has 0 amide bonds. The highest BCUT2D eigenvalue weighted by molar-refractivity contribution is 5.97. The van der Waals surface area contributed by atoms with Gasteiger partial charge in [0, 0.05) is 18.5 Å². The largest absolute Gasteiger partial charge is 0.465 e. The van der Waals surface area contributed by atoms with Crippen molar-refractivity contribution >= 4 is 23.0 Å². The molecule has 0 aliphatic heterocycles. The Hall–Kier alpha value is -2.53. The summed E-state index contributed by atoms with van der Waals surface area (Å²) in [5, 5.41) is 3.20. The molecule has 110 valence electrons. The fourth-order valence-electron chi connectivity index (χ4n) is 2.01. The third kappa shape index (κ3) is 3.73. The number of carbonyl (C=O) groups is 1. The third-order valence-corrected chi connectivity index (χ3v) is 2.97. The number of methoxy groups -OCH3 is 2. The first-order valence-corrected chi connectivity index (χ1v) is 6.47. The number of nitrogens with two attached hydrogens (primary N) is 1. The molecule has 0 spiro atoms. The Morgan fingerprint density at radius 3 is 2.71 bits per heavy atom. The van der Waals surface area contributed by atoms with Crippen LogP contribution in [0.5, 0.6) is 0 Å². The molecule has 0 heterocycles. The molecule has 2 aromatic carbocycles. The Labute approximate surface area is 123 Å². The number of ether oxygens (including phenoxy) is 2. The molecule has 5 nitrogen and oxygen atoms in total. The van der Waals surface area contributed by atoms with Crippen LogP contribution in [0.1, 0.15) is 15.9 Å². The number of hydrogen-bond donors (Lipinski definition) is 2. The molecule has 3 N–H and O–H groups in total. The molecule has 2 rings (SSSR count). The minimum absolute atomic E-state index is 0.398. The number of anilines is 3. The Morgan fingerprint density at radius 2 is 2.00 bits per heavy atom. The van der Waals surface area contributed by atoms with Gasteiger partial charge in [0.05, 0.1) is 25.0 Å². The van der Waals surface area contributed by atoms with Crippen molar-refractivity contribution in [2.45, 2.75) is 6.61 Å². The Balaban J connectivity index is 2.30. The van der Waals surface area contributed by atoms with Gasteiger partial charge in [-0.15, -0.1) is 0 Å². The average Bonchev–Trinajstić information content (AvgIpc) is 2.49. The molecule has 0 saturated carbocycles. The van der Waals surface area contributed by atoms with Gasteiger partial charge in [-0.25, -0.2) is 4.79 Å². The van der Waals surface area contributed by atoms with Gasteiger partial charge in [-0.3, -0.25) is 0 Å². The van der Waals surface area contributed by atoms with E-state index in [0.717, 1.165) is 11.3 Å². The van der Waals surface area contributed by atoms with Crippen molar-refractivity contribution in [2.75, 3.05) is 25.3 Å². The monoisotopic (exact) mass is 286 g/mol. The molecule has 0 aliphatic rings. The van der Waals surface area contributed by atoms with Crippen LogP contribution in [-0.4, -0.2) is 20.2 Å². The van der Waals surface area contributed by atoms with Gasteiger partial charge in [0.1, 0.15) is 0 Å². The molecular weight excluding hydrogens is 268 g/mol. The third-order valence-electron chi connectivity index (χ3n) is 2.97. The lowest BCUT2D eigenvalue weighted by atomic mass is 10.1. The molecule has 2 aromatic rings. The van der Waals surface area contributed by atoms with Crippen molar-refractivity contribution in [1.82, 2.24) is 0 Å². The van der Waals surface area contributed by atoms with Crippen molar-refractivity contribution in [3.05, 3.63) is 53.6 Å². The van der Waals surface area contributed by atoms with Crippen LogP contribution in [0, 0.1) is 0 Å². The maximum absolute atomic E-state index is 11.8. The van der Waals surface area contributed by atoms with Crippen molar-refractivity contribution < 1.29 is 14.3 Å². The molecule has 0 saturated heterocycles. The van der Waals surface area contributed by atoms with Gasteiger partial charge in [0.25, 0.3) is 0 Å². The van der Waals surface area contributed by atoms with E-state index in [4.69, 9.17) is 15.2 Å².